The maximum absolute atomic E-state index is 12.5. The molecule has 0 unspecified atom stereocenters. The minimum Gasteiger partial charge on any atom is -0.493 e. The van der Waals surface area contributed by atoms with E-state index in [0.29, 0.717) is 30.0 Å². The molecule has 0 bridgehead atoms. The Balaban J connectivity index is 1.27. The molecule has 0 saturated heterocycles. The monoisotopic (exact) mass is 447 g/mol. The number of fused-ring (bicyclic) bond motifs is 1. The topological polar surface area (TPSA) is 76.2 Å². The summed E-state index contributed by atoms with van der Waals surface area (Å²) in [4.78, 5) is 20.4. The molecule has 1 heterocycles. The summed E-state index contributed by atoms with van der Waals surface area (Å²) >= 11 is 1.64. The number of H-pyrrole nitrogens is 1. The minimum atomic E-state index is -0.0815. The fourth-order valence-corrected chi connectivity index (χ4v) is 4.20. The summed E-state index contributed by atoms with van der Waals surface area (Å²) in [7, 11) is 3.23. The van der Waals surface area contributed by atoms with Gasteiger partial charge in [-0.15, -0.1) is 0 Å². The van der Waals surface area contributed by atoms with Crippen LogP contribution >= 0.6 is 11.8 Å². The lowest BCUT2D eigenvalue weighted by atomic mass is 10.1. The Morgan fingerprint density at radius 2 is 1.72 bits per heavy atom. The highest BCUT2D eigenvalue weighted by Gasteiger charge is 2.08. The van der Waals surface area contributed by atoms with Crippen LogP contribution in [0.15, 0.2) is 71.9 Å². The van der Waals surface area contributed by atoms with Crippen molar-refractivity contribution in [1.29, 1.82) is 0 Å². The smallest absolute Gasteiger partial charge is 0.251 e. The number of aromatic nitrogens is 2. The quantitative estimate of drug-likeness (QED) is 0.359. The molecule has 0 saturated carbocycles. The van der Waals surface area contributed by atoms with Gasteiger partial charge in [0.15, 0.2) is 16.7 Å². The van der Waals surface area contributed by atoms with Crippen LogP contribution < -0.4 is 14.8 Å². The molecule has 1 aromatic heterocycles. The molecule has 1 amide bonds. The first-order valence-corrected chi connectivity index (χ1v) is 11.3. The van der Waals surface area contributed by atoms with Crippen LogP contribution in [0, 0.1) is 0 Å². The summed E-state index contributed by atoms with van der Waals surface area (Å²) < 4.78 is 10.6. The summed E-state index contributed by atoms with van der Waals surface area (Å²) in [6.07, 6.45) is 0.707. The molecule has 4 rings (SSSR count). The van der Waals surface area contributed by atoms with Crippen molar-refractivity contribution in [2.24, 2.45) is 0 Å². The van der Waals surface area contributed by atoms with Crippen molar-refractivity contribution in [3.05, 3.63) is 83.4 Å². The summed E-state index contributed by atoms with van der Waals surface area (Å²) in [5, 5.41) is 3.87. The van der Waals surface area contributed by atoms with E-state index in [1.165, 1.54) is 0 Å². The lowest BCUT2D eigenvalue weighted by Gasteiger charge is -2.10. The number of aromatic amines is 1. The van der Waals surface area contributed by atoms with Crippen LogP contribution in [0.4, 0.5) is 0 Å². The van der Waals surface area contributed by atoms with Gasteiger partial charge in [-0.1, -0.05) is 42.1 Å². The van der Waals surface area contributed by atoms with Crippen LogP contribution in [-0.2, 0) is 12.2 Å². The molecule has 7 heteroatoms. The molecule has 164 valence electrons. The standard InChI is InChI=1S/C25H25N3O3S/c1-30-22-12-9-17(15-23(22)31-2)13-14-26-24(29)19-10-7-18(8-11-19)16-32-25-27-20-5-3-4-6-21(20)28-25/h3-12,15H,13-14,16H2,1-2H3,(H,26,29)(H,27,28). The molecule has 0 aliphatic carbocycles. The van der Waals surface area contributed by atoms with Gasteiger partial charge in [-0.25, -0.2) is 4.98 Å². The number of amides is 1. The molecular weight excluding hydrogens is 422 g/mol. The lowest BCUT2D eigenvalue weighted by Crippen LogP contribution is -2.25. The van der Waals surface area contributed by atoms with E-state index in [2.05, 4.69) is 15.3 Å². The van der Waals surface area contributed by atoms with Gasteiger partial charge in [0.2, 0.25) is 0 Å². The van der Waals surface area contributed by atoms with Gasteiger partial charge in [-0.05, 0) is 53.9 Å². The molecule has 3 aromatic carbocycles. The van der Waals surface area contributed by atoms with E-state index in [-0.39, 0.29) is 5.91 Å². The van der Waals surface area contributed by atoms with Crippen molar-refractivity contribution >= 4 is 28.7 Å². The SMILES string of the molecule is COc1ccc(CCNC(=O)c2ccc(CSc3nc4ccccc4[nH]3)cc2)cc1OC. The molecule has 0 radical (unpaired) electrons. The number of hydrogen-bond acceptors (Lipinski definition) is 5. The van der Waals surface area contributed by atoms with Crippen LogP contribution in [0.3, 0.4) is 0 Å². The summed E-state index contributed by atoms with van der Waals surface area (Å²) in [6, 6.07) is 21.5. The van der Waals surface area contributed by atoms with Gasteiger partial charge >= 0.3 is 0 Å². The number of hydrogen-bond donors (Lipinski definition) is 2. The number of carbonyl (C=O) groups is 1. The number of nitrogens with one attached hydrogen (secondary N) is 2. The van der Waals surface area contributed by atoms with Gasteiger partial charge in [-0.3, -0.25) is 4.79 Å². The Hall–Kier alpha value is -3.45. The molecule has 0 fully saturated rings. The van der Waals surface area contributed by atoms with Gasteiger partial charge in [0.1, 0.15) is 0 Å². The van der Waals surface area contributed by atoms with Gasteiger partial charge in [0.25, 0.3) is 5.91 Å². The summed E-state index contributed by atoms with van der Waals surface area (Å²) in [5.41, 5.74) is 4.86. The van der Waals surface area contributed by atoms with Gasteiger partial charge in [0.05, 0.1) is 25.3 Å². The third-order valence-corrected chi connectivity index (χ3v) is 6.05. The molecule has 6 nitrogen and oxygen atoms in total. The number of methoxy groups -OCH3 is 2. The van der Waals surface area contributed by atoms with E-state index >= 15 is 0 Å². The first-order valence-electron chi connectivity index (χ1n) is 10.3. The van der Waals surface area contributed by atoms with Gasteiger partial charge in [-0.2, -0.15) is 0 Å². The second kappa shape index (κ2) is 10.2. The Kier molecular flexibility index (Phi) is 6.97. The number of carbonyl (C=O) groups excluding carboxylic acids is 1. The van der Waals surface area contributed by atoms with Crippen LogP contribution in [0.1, 0.15) is 21.5 Å². The zero-order valence-corrected chi connectivity index (χ0v) is 18.9. The fourth-order valence-electron chi connectivity index (χ4n) is 3.36. The van der Waals surface area contributed by atoms with Crippen molar-refractivity contribution in [2.75, 3.05) is 20.8 Å². The highest BCUT2D eigenvalue weighted by molar-refractivity contribution is 7.98. The van der Waals surface area contributed by atoms with Crippen molar-refractivity contribution < 1.29 is 14.3 Å². The lowest BCUT2D eigenvalue weighted by molar-refractivity contribution is 0.0954. The molecule has 0 atom stereocenters. The van der Waals surface area contributed by atoms with Crippen LogP contribution in [0.25, 0.3) is 11.0 Å². The zero-order chi connectivity index (χ0) is 22.3. The maximum atomic E-state index is 12.5. The molecule has 32 heavy (non-hydrogen) atoms. The van der Waals surface area contributed by atoms with E-state index in [1.54, 1.807) is 26.0 Å². The van der Waals surface area contributed by atoms with E-state index in [1.807, 2.05) is 66.7 Å². The van der Waals surface area contributed by atoms with E-state index < -0.39 is 0 Å². The average Bonchev–Trinajstić information content (AvgIpc) is 3.26. The Morgan fingerprint density at radius 3 is 2.47 bits per heavy atom. The highest BCUT2D eigenvalue weighted by atomic mass is 32.2. The second-order valence-electron chi connectivity index (χ2n) is 7.24. The van der Waals surface area contributed by atoms with Gasteiger partial charge in [0, 0.05) is 17.9 Å². The van der Waals surface area contributed by atoms with Gasteiger partial charge < -0.3 is 19.8 Å². The molecule has 2 N–H and O–H groups in total. The van der Waals surface area contributed by atoms with Crippen LogP contribution in [-0.4, -0.2) is 36.6 Å². The van der Waals surface area contributed by atoms with Crippen molar-refractivity contribution in [2.45, 2.75) is 17.3 Å². The number of para-hydroxylation sites is 2. The first kappa shape index (κ1) is 21.8. The molecule has 0 aliphatic rings. The Bertz CT molecular complexity index is 1170. The maximum Gasteiger partial charge on any atom is 0.251 e. The third-order valence-electron chi connectivity index (χ3n) is 5.11. The van der Waals surface area contributed by atoms with Crippen LogP contribution in [0.5, 0.6) is 11.5 Å². The summed E-state index contributed by atoms with van der Waals surface area (Å²) in [6.45, 7) is 0.540. The number of rotatable bonds is 9. The predicted molar refractivity (Wildman–Crippen MR) is 128 cm³/mol. The van der Waals surface area contributed by atoms with E-state index in [9.17, 15) is 4.79 Å². The van der Waals surface area contributed by atoms with E-state index in [4.69, 9.17) is 9.47 Å². The number of thioether (sulfide) groups is 1. The molecule has 0 aliphatic heterocycles. The first-order chi connectivity index (χ1) is 15.7. The van der Waals surface area contributed by atoms with Crippen molar-refractivity contribution in [3.63, 3.8) is 0 Å². The van der Waals surface area contributed by atoms with Crippen molar-refractivity contribution in [1.82, 2.24) is 15.3 Å². The average molecular weight is 448 g/mol. The predicted octanol–water partition coefficient (Wildman–Crippen LogP) is 4.84. The number of imidazole rings is 1. The minimum absolute atomic E-state index is 0.0815. The fraction of sp³-hybridized carbons (Fsp3) is 0.200. The normalized spacial score (nSPS) is 10.8. The second-order valence-corrected chi connectivity index (χ2v) is 8.20. The number of nitrogens with zero attached hydrogens (tertiary/aromatic N) is 1. The Labute approximate surface area is 191 Å². The molecule has 0 spiro atoms. The van der Waals surface area contributed by atoms with E-state index in [0.717, 1.165) is 33.1 Å². The number of benzene rings is 3. The molecular formula is C25H25N3O3S. The molecule has 4 aromatic rings. The van der Waals surface area contributed by atoms with Crippen molar-refractivity contribution in [3.8, 4) is 11.5 Å². The highest BCUT2D eigenvalue weighted by Crippen LogP contribution is 2.27. The largest absolute Gasteiger partial charge is 0.493 e. The third kappa shape index (κ3) is 5.23. The van der Waals surface area contributed by atoms with Crippen LogP contribution in [0.2, 0.25) is 0 Å². The summed E-state index contributed by atoms with van der Waals surface area (Å²) in [5.74, 6) is 2.08. The zero-order valence-electron chi connectivity index (χ0n) is 18.1. The Morgan fingerprint density at radius 1 is 0.969 bits per heavy atom. The number of ether oxygens (including phenoxy) is 2.